The molecule has 2 aromatic rings. The van der Waals surface area contributed by atoms with Crippen molar-refractivity contribution in [2.24, 2.45) is 0 Å². The molecule has 2 rings (SSSR count). The average Bonchev–Trinajstić information content (AvgIpc) is 2.86. The molecule has 5 heteroatoms. The van der Waals surface area contributed by atoms with Gasteiger partial charge in [-0.2, -0.15) is 0 Å². The van der Waals surface area contributed by atoms with Crippen molar-refractivity contribution in [2.45, 2.75) is 20.0 Å². The number of likely N-dealkylation sites (N-methyl/N-ethyl adjacent to an activating group) is 2. The summed E-state index contributed by atoms with van der Waals surface area (Å²) >= 11 is 5.10. The Morgan fingerprint density at radius 2 is 1.86 bits per heavy atom. The van der Waals surface area contributed by atoms with Crippen LogP contribution in [0.15, 0.2) is 40.2 Å². The van der Waals surface area contributed by atoms with Crippen molar-refractivity contribution in [2.75, 3.05) is 20.6 Å². The van der Waals surface area contributed by atoms with Gasteiger partial charge in [-0.1, -0.05) is 29.8 Å². The molecule has 0 fully saturated rings. The lowest BCUT2D eigenvalue weighted by Gasteiger charge is -2.21. The van der Waals surface area contributed by atoms with Gasteiger partial charge in [0.1, 0.15) is 0 Å². The summed E-state index contributed by atoms with van der Waals surface area (Å²) in [6, 6.07) is 10.5. The largest absolute Gasteiger partial charge is 0.340 e. The number of amides is 1. The summed E-state index contributed by atoms with van der Waals surface area (Å²) in [5.41, 5.74) is 2.48. The number of halogens is 1. The third-order valence-corrected chi connectivity index (χ3v) is 5.10. The third-order valence-electron chi connectivity index (χ3n) is 3.42. The Morgan fingerprint density at radius 3 is 2.45 bits per heavy atom. The van der Waals surface area contributed by atoms with Gasteiger partial charge in [0.2, 0.25) is 5.91 Å². The van der Waals surface area contributed by atoms with E-state index in [1.807, 2.05) is 24.4 Å². The zero-order chi connectivity index (χ0) is 16.1. The van der Waals surface area contributed by atoms with E-state index in [1.54, 1.807) is 16.2 Å². The molecule has 0 bridgehead atoms. The maximum absolute atomic E-state index is 12.3. The number of rotatable bonds is 6. The van der Waals surface area contributed by atoms with Crippen LogP contribution in [0.25, 0.3) is 0 Å². The fraction of sp³-hybridized carbons (Fsp3) is 0.353. The van der Waals surface area contributed by atoms with E-state index in [-0.39, 0.29) is 5.91 Å². The fourth-order valence-corrected chi connectivity index (χ4v) is 3.67. The summed E-state index contributed by atoms with van der Waals surface area (Å²) < 4.78 is 1.07. The topological polar surface area (TPSA) is 23.6 Å². The highest BCUT2D eigenvalue weighted by Gasteiger charge is 2.13. The Morgan fingerprint density at radius 1 is 1.18 bits per heavy atom. The summed E-state index contributed by atoms with van der Waals surface area (Å²) in [6.07, 6.45) is 0. The van der Waals surface area contributed by atoms with Gasteiger partial charge in [-0.3, -0.25) is 9.69 Å². The highest BCUT2D eigenvalue weighted by Crippen LogP contribution is 2.20. The van der Waals surface area contributed by atoms with Crippen LogP contribution in [0.4, 0.5) is 0 Å². The number of nitrogens with zero attached hydrogens (tertiary/aromatic N) is 2. The molecule has 1 aromatic carbocycles. The highest BCUT2D eigenvalue weighted by atomic mass is 79.9. The molecular formula is C17H21BrN2OS. The molecule has 0 unspecified atom stereocenters. The van der Waals surface area contributed by atoms with Crippen LogP contribution in [0.3, 0.4) is 0 Å². The molecule has 0 spiro atoms. The van der Waals surface area contributed by atoms with Crippen molar-refractivity contribution < 1.29 is 4.79 Å². The molecule has 0 aliphatic heterocycles. The van der Waals surface area contributed by atoms with E-state index in [1.165, 1.54) is 16.0 Å². The van der Waals surface area contributed by atoms with Crippen LogP contribution in [0, 0.1) is 6.92 Å². The van der Waals surface area contributed by atoms with E-state index in [2.05, 4.69) is 53.2 Å². The summed E-state index contributed by atoms with van der Waals surface area (Å²) in [5, 5.41) is 2.04. The fourth-order valence-electron chi connectivity index (χ4n) is 2.17. The van der Waals surface area contributed by atoms with Gasteiger partial charge in [0.05, 0.1) is 13.1 Å². The van der Waals surface area contributed by atoms with Crippen LogP contribution < -0.4 is 0 Å². The van der Waals surface area contributed by atoms with Gasteiger partial charge in [-0.15, -0.1) is 11.3 Å². The van der Waals surface area contributed by atoms with Crippen LogP contribution in [0.5, 0.6) is 0 Å². The predicted molar refractivity (Wildman–Crippen MR) is 96.0 cm³/mol. The molecule has 1 amide bonds. The standard InChI is InChI=1S/C17H21BrN2OS/c1-13-4-6-14(7-5-13)9-19(2)11-17(21)20(3)10-16-8-15(18)12-22-16/h4-8,12H,9-11H2,1-3H3. The lowest BCUT2D eigenvalue weighted by atomic mass is 10.1. The van der Waals surface area contributed by atoms with Gasteiger partial charge in [-0.25, -0.2) is 0 Å². The summed E-state index contributed by atoms with van der Waals surface area (Å²) in [5.74, 6) is 0.138. The predicted octanol–water partition coefficient (Wildman–Crippen LogP) is 3.91. The van der Waals surface area contributed by atoms with Crippen molar-refractivity contribution in [1.29, 1.82) is 0 Å². The molecule has 118 valence electrons. The lowest BCUT2D eigenvalue weighted by Crippen LogP contribution is -2.35. The van der Waals surface area contributed by atoms with Crippen molar-refractivity contribution in [3.05, 3.63) is 56.2 Å². The molecule has 22 heavy (non-hydrogen) atoms. The van der Waals surface area contributed by atoms with Gasteiger partial charge in [0, 0.05) is 28.3 Å². The maximum Gasteiger partial charge on any atom is 0.236 e. The van der Waals surface area contributed by atoms with Crippen LogP contribution in [-0.4, -0.2) is 36.3 Å². The van der Waals surface area contributed by atoms with Gasteiger partial charge in [0.25, 0.3) is 0 Å². The van der Waals surface area contributed by atoms with E-state index in [0.717, 1.165) is 11.0 Å². The molecule has 3 nitrogen and oxygen atoms in total. The minimum atomic E-state index is 0.138. The molecule has 1 aromatic heterocycles. The van der Waals surface area contributed by atoms with Gasteiger partial charge in [-0.05, 0) is 41.5 Å². The summed E-state index contributed by atoms with van der Waals surface area (Å²) in [4.78, 5) is 17.3. The van der Waals surface area contributed by atoms with Gasteiger partial charge < -0.3 is 4.90 Å². The minimum Gasteiger partial charge on any atom is -0.340 e. The van der Waals surface area contributed by atoms with Crippen molar-refractivity contribution >= 4 is 33.2 Å². The van der Waals surface area contributed by atoms with E-state index in [4.69, 9.17) is 0 Å². The first-order valence-corrected chi connectivity index (χ1v) is 8.82. The number of carbonyl (C=O) groups excluding carboxylic acids is 1. The molecule has 0 atom stereocenters. The second-order valence-corrected chi connectivity index (χ2v) is 7.55. The van der Waals surface area contributed by atoms with E-state index < -0.39 is 0 Å². The smallest absolute Gasteiger partial charge is 0.236 e. The maximum atomic E-state index is 12.3. The molecule has 0 saturated carbocycles. The monoisotopic (exact) mass is 380 g/mol. The zero-order valence-electron chi connectivity index (χ0n) is 13.2. The minimum absolute atomic E-state index is 0.138. The number of hydrogen-bond donors (Lipinski definition) is 0. The molecule has 0 aliphatic carbocycles. The number of thiophene rings is 1. The number of benzene rings is 1. The SMILES string of the molecule is Cc1ccc(CN(C)CC(=O)N(C)Cc2cc(Br)cs2)cc1. The van der Waals surface area contributed by atoms with Crippen LogP contribution in [-0.2, 0) is 17.9 Å². The second kappa shape index (κ2) is 7.90. The van der Waals surface area contributed by atoms with Gasteiger partial charge in [0.15, 0.2) is 0 Å². The third kappa shape index (κ3) is 5.23. The lowest BCUT2D eigenvalue weighted by molar-refractivity contribution is -0.131. The second-order valence-electron chi connectivity index (χ2n) is 5.64. The van der Waals surface area contributed by atoms with Crippen molar-refractivity contribution in [1.82, 2.24) is 9.80 Å². The molecule has 0 N–H and O–H groups in total. The van der Waals surface area contributed by atoms with E-state index in [0.29, 0.717) is 13.1 Å². The summed E-state index contributed by atoms with van der Waals surface area (Å²) in [6.45, 7) is 3.95. The number of aryl methyl sites for hydroxylation is 1. The molecule has 0 radical (unpaired) electrons. The van der Waals surface area contributed by atoms with Crippen LogP contribution in [0.2, 0.25) is 0 Å². The average molecular weight is 381 g/mol. The Labute approximate surface area is 144 Å². The normalized spacial score (nSPS) is 11.0. The first-order chi connectivity index (χ1) is 10.4. The molecule has 0 aliphatic rings. The Kier molecular flexibility index (Phi) is 6.17. The van der Waals surface area contributed by atoms with E-state index in [9.17, 15) is 4.79 Å². The number of carbonyl (C=O) groups is 1. The van der Waals surface area contributed by atoms with Crippen molar-refractivity contribution in [3.8, 4) is 0 Å². The highest BCUT2D eigenvalue weighted by molar-refractivity contribution is 9.10. The van der Waals surface area contributed by atoms with E-state index >= 15 is 0 Å². The quantitative estimate of drug-likeness (QED) is 0.758. The molecule has 1 heterocycles. The molecular weight excluding hydrogens is 360 g/mol. The Balaban J connectivity index is 1.83. The van der Waals surface area contributed by atoms with Crippen LogP contribution in [0.1, 0.15) is 16.0 Å². The molecule has 0 saturated heterocycles. The summed E-state index contributed by atoms with van der Waals surface area (Å²) in [7, 11) is 3.84. The van der Waals surface area contributed by atoms with Crippen molar-refractivity contribution in [3.63, 3.8) is 0 Å². The first kappa shape index (κ1) is 17.2. The first-order valence-electron chi connectivity index (χ1n) is 7.15. The number of hydrogen-bond acceptors (Lipinski definition) is 3. The van der Waals surface area contributed by atoms with Gasteiger partial charge >= 0.3 is 0 Å². The zero-order valence-corrected chi connectivity index (χ0v) is 15.6. The Bertz CT molecular complexity index is 624. The Hall–Kier alpha value is -1.17. The van der Waals surface area contributed by atoms with Crippen LogP contribution >= 0.6 is 27.3 Å².